The van der Waals surface area contributed by atoms with Crippen LogP contribution in [0.4, 0.5) is 0 Å². The van der Waals surface area contributed by atoms with Crippen LogP contribution in [0.5, 0.6) is 0 Å². The van der Waals surface area contributed by atoms with Gasteiger partial charge in [0.15, 0.2) is 5.79 Å². The molecular formula is C17H30O2. The Kier molecular flexibility index (Phi) is 2.91. The Hall–Kier alpha value is -0.0800. The van der Waals surface area contributed by atoms with E-state index in [1.54, 1.807) is 0 Å². The molecule has 3 fully saturated rings. The summed E-state index contributed by atoms with van der Waals surface area (Å²) in [6, 6.07) is 0. The smallest absolute Gasteiger partial charge is 0.168 e. The first-order valence-electron chi connectivity index (χ1n) is 8.19. The quantitative estimate of drug-likeness (QED) is 0.731. The van der Waals surface area contributed by atoms with E-state index in [2.05, 4.69) is 34.6 Å². The van der Waals surface area contributed by atoms with Crippen molar-refractivity contribution in [3.8, 4) is 0 Å². The Balaban J connectivity index is 1.97. The second kappa shape index (κ2) is 3.98. The van der Waals surface area contributed by atoms with Crippen LogP contribution in [0.3, 0.4) is 0 Å². The van der Waals surface area contributed by atoms with Crippen LogP contribution < -0.4 is 0 Å². The zero-order valence-electron chi connectivity index (χ0n) is 13.3. The molecule has 110 valence electrons. The monoisotopic (exact) mass is 266 g/mol. The Labute approximate surface area is 118 Å². The summed E-state index contributed by atoms with van der Waals surface area (Å²) >= 11 is 0. The van der Waals surface area contributed by atoms with Crippen molar-refractivity contribution < 1.29 is 9.47 Å². The molecule has 3 unspecified atom stereocenters. The summed E-state index contributed by atoms with van der Waals surface area (Å²) in [6.07, 6.45) is 6.99. The summed E-state index contributed by atoms with van der Waals surface area (Å²) in [5, 5.41) is 0. The maximum Gasteiger partial charge on any atom is 0.168 e. The second-order valence-electron chi connectivity index (χ2n) is 7.81. The first-order chi connectivity index (χ1) is 8.85. The second-order valence-corrected chi connectivity index (χ2v) is 7.81. The maximum atomic E-state index is 6.77. The summed E-state index contributed by atoms with van der Waals surface area (Å²) in [6.45, 7) is 12.7. The summed E-state index contributed by atoms with van der Waals surface area (Å²) in [4.78, 5) is 0. The topological polar surface area (TPSA) is 18.5 Å². The molecule has 0 aromatic carbocycles. The molecule has 3 atom stereocenters. The van der Waals surface area contributed by atoms with Crippen molar-refractivity contribution in [2.75, 3.05) is 6.61 Å². The Morgan fingerprint density at radius 3 is 2.21 bits per heavy atom. The lowest BCUT2D eigenvalue weighted by Crippen LogP contribution is -2.58. The third kappa shape index (κ3) is 1.51. The number of hydrogen-bond donors (Lipinski definition) is 0. The van der Waals surface area contributed by atoms with E-state index in [0.29, 0.717) is 10.8 Å². The van der Waals surface area contributed by atoms with Gasteiger partial charge in [-0.1, -0.05) is 34.6 Å². The van der Waals surface area contributed by atoms with Gasteiger partial charge in [-0.25, -0.2) is 0 Å². The third-order valence-electron chi connectivity index (χ3n) is 7.35. The van der Waals surface area contributed by atoms with Crippen LogP contribution in [-0.4, -0.2) is 18.0 Å². The number of hydrogen-bond acceptors (Lipinski definition) is 2. The van der Waals surface area contributed by atoms with E-state index in [1.807, 2.05) is 0 Å². The maximum absolute atomic E-state index is 6.77. The Morgan fingerprint density at radius 1 is 1.05 bits per heavy atom. The Morgan fingerprint density at radius 2 is 1.74 bits per heavy atom. The summed E-state index contributed by atoms with van der Waals surface area (Å²) in [5.74, 6) is 0.518. The first-order valence-corrected chi connectivity index (χ1v) is 8.19. The number of rotatable bonds is 2. The SMILES string of the molecule is CCC1(CC)OCCC2(CC3CCC2(C)C3(C)C)O1. The molecule has 2 saturated carbocycles. The molecule has 2 nitrogen and oxygen atoms in total. The van der Waals surface area contributed by atoms with Crippen LogP contribution in [-0.2, 0) is 9.47 Å². The fourth-order valence-corrected chi connectivity index (χ4v) is 5.36. The molecule has 0 amide bonds. The van der Waals surface area contributed by atoms with Gasteiger partial charge < -0.3 is 9.47 Å². The predicted octanol–water partition coefficient (Wildman–Crippen LogP) is 4.52. The molecule has 0 radical (unpaired) electrons. The molecule has 2 aliphatic carbocycles. The van der Waals surface area contributed by atoms with Gasteiger partial charge in [-0.3, -0.25) is 0 Å². The van der Waals surface area contributed by atoms with Gasteiger partial charge >= 0.3 is 0 Å². The van der Waals surface area contributed by atoms with Crippen LogP contribution in [0.25, 0.3) is 0 Å². The fourth-order valence-electron chi connectivity index (χ4n) is 5.36. The fraction of sp³-hybridized carbons (Fsp3) is 1.00. The highest BCUT2D eigenvalue weighted by Crippen LogP contribution is 2.72. The first kappa shape index (κ1) is 13.9. The van der Waals surface area contributed by atoms with E-state index in [1.165, 1.54) is 19.3 Å². The average molecular weight is 266 g/mol. The highest BCUT2D eigenvalue weighted by Gasteiger charge is 2.71. The van der Waals surface area contributed by atoms with Gasteiger partial charge in [0.2, 0.25) is 0 Å². The van der Waals surface area contributed by atoms with Crippen LogP contribution in [0, 0.1) is 16.7 Å². The minimum Gasteiger partial charge on any atom is -0.350 e. The van der Waals surface area contributed by atoms with Crippen molar-refractivity contribution in [1.82, 2.24) is 0 Å². The third-order valence-corrected chi connectivity index (χ3v) is 7.35. The standard InChI is InChI=1S/C17H30O2/c1-6-17(7-2)18-11-10-16(19-17)12-13-8-9-15(16,5)14(13,3)4/h13H,6-12H2,1-5H3. The zero-order valence-corrected chi connectivity index (χ0v) is 13.3. The molecule has 1 saturated heterocycles. The van der Waals surface area contributed by atoms with E-state index in [4.69, 9.17) is 9.47 Å². The molecule has 3 rings (SSSR count). The highest BCUT2D eigenvalue weighted by atomic mass is 16.7. The molecule has 0 aromatic heterocycles. The molecule has 1 spiro atoms. The normalized spacial score (nSPS) is 46.9. The minimum absolute atomic E-state index is 0.0731. The molecule has 2 bridgehead atoms. The van der Waals surface area contributed by atoms with Gasteiger partial charge in [0.25, 0.3) is 0 Å². The predicted molar refractivity (Wildman–Crippen MR) is 76.9 cm³/mol. The van der Waals surface area contributed by atoms with E-state index in [0.717, 1.165) is 31.8 Å². The molecule has 19 heavy (non-hydrogen) atoms. The van der Waals surface area contributed by atoms with Gasteiger partial charge in [-0.2, -0.15) is 0 Å². The van der Waals surface area contributed by atoms with Gasteiger partial charge in [-0.15, -0.1) is 0 Å². The molecule has 1 heterocycles. The van der Waals surface area contributed by atoms with Gasteiger partial charge in [0, 0.05) is 11.8 Å². The van der Waals surface area contributed by atoms with Gasteiger partial charge in [0.1, 0.15) is 0 Å². The number of ether oxygens (including phenoxy) is 2. The van der Waals surface area contributed by atoms with E-state index < -0.39 is 0 Å². The summed E-state index contributed by atoms with van der Waals surface area (Å²) < 4.78 is 12.8. The lowest BCUT2D eigenvalue weighted by Gasteiger charge is -2.55. The van der Waals surface area contributed by atoms with E-state index in [9.17, 15) is 0 Å². The Bertz CT molecular complexity index is 371. The lowest BCUT2D eigenvalue weighted by atomic mass is 9.63. The van der Waals surface area contributed by atoms with Crippen molar-refractivity contribution in [2.24, 2.45) is 16.7 Å². The summed E-state index contributed by atoms with van der Waals surface area (Å²) in [5.41, 5.74) is 0.811. The van der Waals surface area contributed by atoms with Gasteiger partial charge in [-0.05, 0) is 43.4 Å². The van der Waals surface area contributed by atoms with E-state index >= 15 is 0 Å². The highest BCUT2D eigenvalue weighted by molar-refractivity contribution is 5.19. The van der Waals surface area contributed by atoms with E-state index in [-0.39, 0.29) is 11.4 Å². The molecule has 0 N–H and O–H groups in total. The van der Waals surface area contributed by atoms with Crippen molar-refractivity contribution in [3.05, 3.63) is 0 Å². The van der Waals surface area contributed by atoms with Crippen LogP contribution in [0.15, 0.2) is 0 Å². The number of fused-ring (bicyclic) bond motifs is 3. The average Bonchev–Trinajstić information content (AvgIpc) is 2.71. The molecule has 1 aliphatic heterocycles. The molecule has 3 aliphatic rings. The minimum atomic E-state index is -0.318. The largest absolute Gasteiger partial charge is 0.350 e. The molecular weight excluding hydrogens is 236 g/mol. The van der Waals surface area contributed by atoms with Crippen molar-refractivity contribution in [1.29, 1.82) is 0 Å². The van der Waals surface area contributed by atoms with Crippen LogP contribution in [0.1, 0.15) is 73.1 Å². The molecule has 2 heteroatoms. The van der Waals surface area contributed by atoms with Crippen molar-refractivity contribution in [2.45, 2.75) is 84.5 Å². The lowest BCUT2D eigenvalue weighted by molar-refractivity contribution is -0.355. The van der Waals surface area contributed by atoms with Gasteiger partial charge in [0.05, 0.1) is 12.2 Å². The van der Waals surface area contributed by atoms with Crippen LogP contribution >= 0.6 is 0 Å². The van der Waals surface area contributed by atoms with Crippen molar-refractivity contribution in [3.63, 3.8) is 0 Å². The zero-order chi connectivity index (χ0) is 13.9. The summed E-state index contributed by atoms with van der Waals surface area (Å²) in [7, 11) is 0. The van der Waals surface area contributed by atoms with Crippen LogP contribution in [0.2, 0.25) is 0 Å². The van der Waals surface area contributed by atoms with Crippen molar-refractivity contribution >= 4 is 0 Å². The molecule has 0 aromatic rings.